The minimum absolute atomic E-state index is 0.178. The third kappa shape index (κ3) is 1.87. The summed E-state index contributed by atoms with van der Waals surface area (Å²) in [7, 11) is -1.82. The molecule has 0 spiro atoms. The number of nitrogens with two attached hydrogens (primary N) is 1. The highest BCUT2D eigenvalue weighted by Gasteiger charge is 2.51. The van der Waals surface area contributed by atoms with Crippen LogP contribution in [0.3, 0.4) is 0 Å². The zero-order valence-corrected chi connectivity index (χ0v) is 12.3. The maximum Gasteiger partial charge on any atom is 0.107 e. The summed E-state index contributed by atoms with van der Waals surface area (Å²) in [6, 6.07) is 10.6. The van der Waals surface area contributed by atoms with Gasteiger partial charge in [-0.15, -0.1) is 0 Å². The van der Waals surface area contributed by atoms with E-state index in [-0.39, 0.29) is 17.7 Å². The molecule has 0 saturated heterocycles. The van der Waals surface area contributed by atoms with Crippen molar-refractivity contribution in [2.75, 3.05) is 6.61 Å². The van der Waals surface area contributed by atoms with E-state index in [0.717, 1.165) is 18.4 Å². The third-order valence-electron chi connectivity index (χ3n) is 4.78. The van der Waals surface area contributed by atoms with Crippen molar-refractivity contribution in [2.24, 2.45) is 11.7 Å². The van der Waals surface area contributed by atoms with Crippen LogP contribution >= 0.6 is 0 Å². The average Bonchev–Trinajstić information content (AvgIpc) is 2.68. The molecule has 2 rings (SSSR count). The average molecular weight is 261 g/mol. The first-order valence-electron chi connectivity index (χ1n) is 6.58. The number of hydrogen-bond acceptors (Lipinski definition) is 2. The first-order chi connectivity index (χ1) is 8.43. The van der Waals surface area contributed by atoms with Gasteiger partial charge in [0.2, 0.25) is 0 Å². The van der Waals surface area contributed by atoms with Crippen LogP contribution < -0.4 is 10.9 Å². The predicted molar refractivity (Wildman–Crippen MR) is 79.4 cm³/mol. The normalized spacial score (nSPS) is 28.7. The summed E-state index contributed by atoms with van der Waals surface area (Å²) in [6.07, 6.45) is 1.92. The maximum absolute atomic E-state index is 9.40. The molecule has 98 valence electrons. The summed E-state index contributed by atoms with van der Waals surface area (Å²) < 4.78 is 0. The Hall–Kier alpha value is -0.903. The van der Waals surface area contributed by atoms with E-state index in [1.54, 1.807) is 0 Å². The second kappa shape index (κ2) is 4.65. The highest BCUT2D eigenvalue weighted by molar-refractivity contribution is 6.93. The lowest BCUT2D eigenvalue weighted by atomic mass is 10.0. The van der Waals surface area contributed by atoms with Crippen molar-refractivity contribution in [2.45, 2.75) is 31.1 Å². The lowest BCUT2D eigenvalue weighted by Crippen LogP contribution is -2.67. The third-order valence-corrected chi connectivity index (χ3v) is 9.36. The molecule has 3 heteroatoms. The van der Waals surface area contributed by atoms with Crippen LogP contribution in [0.1, 0.15) is 12.8 Å². The molecule has 1 saturated carbocycles. The minimum Gasteiger partial charge on any atom is -0.396 e. The highest BCUT2D eigenvalue weighted by Crippen LogP contribution is 2.42. The van der Waals surface area contributed by atoms with Crippen LogP contribution in [0.4, 0.5) is 0 Å². The molecule has 1 aromatic rings. The Bertz CT molecular complexity index is 443. The van der Waals surface area contributed by atoms with Crippen LogP contribution in [0.25, 0.3) is 0 Å². The van der Waals surface area contributed by atoms with E-state index in [4.69, 9.17) is 5.73 Å². The Kier molecular flexibility index (Phi) is 3.49. The minimum atomic E-state index is -1.82. The standard InChI is InChI=1S/C15H23NOSi/c1-12-13(11-17)9-10-15(12,16)18(2,3)14-7-5-4-6-8-14/h4-8,13,17H,1,9-11,16H2,2-3H3/t13-,15-/m0/s1. The largest absolute Gasteiger partial charge is 0.396 e. The van der Waals surface area contributed by atoms with Crippen molar-refractivity contribution < 1.29 is 5.11 Å². The van der Waals surface area contributed by atoms with Gasteiger partial charge in [-0.3, -0.25) is 0 Å². The highest BCUT2D eigenvalue weighted by atomic mass is 28.3. The van der Waals surface area contributed by atoms with Crippen molar-refractivity contribution in [3.8, 4) is 0 Å². The smallest absolute Gasteiger partial charge is 0.107 e. The van der Waals surface area contributed by atoms with Crippen LogP contribution in [0, 0.1) is 5.92 Å². The lowest BCUT2D eigenvalue weighted by molar-refractivity contribution is 0.249. The number of benzene rings is 1. The van der Waals surface area contributed by atoms with Gasteiger partial charge in [-0.1, -0.05) is 60.8 Å². The van der Waals surface area contributed by atoms with Gasteiger partial charge < -0.3 is 10.8 Å². The molecule has 0 amide bonds. The van der Waals surface area contributed by atoms with Crippen molar-refractivity contribution in [1.29, 1.82) is 0 Å². The Morgan fingerprint density at radius 3 is 2.50 bits per heavy atom. The Balaban J connectivity index is 2.39. The summed E-state index contributed by atoms with van der Waals surface area (Å²) >= 11 is 0. The van der Waals surface area contributed by atoms with Gasteiger partial charge in [0.05, 0.1) is 0 Å². The molecule has 0 radical (unpaired) electrons. The van der Waals surface area contributed by atoms with Gasteiger partial charge in [0.25, 0.3) is 0 Å². The van der Waals surface area contributed by atoms with E-state index in [1.165, 1.54) is 5.19 Å². The van der Waals surface area contributed by atoms with Crippen LogP contribution in [0.2, 0.25) is 13.1 Å². The van der Waals surface area contributed by atoms with Gasteiger partial charge in [0.1, 0.15) is 8.07 Å². The van der Waals surface area contributed by atoms with Crippen molar-refractivity contribution in [3.63, 3.8) is 0 Å². The van der Waals surface area contributed by atoms with Crippen LogP contribution in [-0.2, 0) is 0 Å². The summed E-state index contributed by atoms with van der Waals surface area (Å²) in [4.78, 5) is 0. The molecular formula is C15H23NOSi. The number of hydrogen-bond donors (Lipinski definition) is 2. The maximum atomic E-state index is 9.40. The van der Waals surface area contributed by atoms with Gasteiger partial charge in [-0.05, 0) is 12.8 Å². The van der Waals surface area contributed by atoms with Crippen LogP contribution in [0.5, 0.6) is 0 Å². The first kappa shape index (κ1) is 13.5. The van der Waals surface area contributed by atoms with Gasteiger partial charge in [0.15, 0.2) is 0 Å². The van der Waals surface area contributed by atoms with E-state index in [0.29, 0.717) is 0 Å². The second-order valence-electron chi connectivity index (χ2n) is 5.91. The van der Waals surface area contributed by atoms with Crippen molar-refractivity contribution in [1.82, 2.24) is 0 Å². The van der Waals surface area contributed by atoms with E-state index < -0.39 is 8.07 Å². The number of aliphatic hydroxyl groups excluding tert-OH is 1. The Labute approximate surface area is 111 Å². The SMILES string of the molecule is C=C1[C@H](CO)CC[C@]1(N)[Si](C)(C)c1ccccc1. The quantitative estimate of drug-likeness (QED) is 0.644. The topological polar surface area (TPSA) is 46.2 Å². The van der Waals surface area contributed by atoms with Gasteiger partial charge in [-0.2, -0.15) is 0 Å². The number of aliphatic hydroxyl groups is 1. The van der Waals surface area contributed by atoms with Gasteiger partial charge in [-0.25, -0.2) is 0 Å². The predicted octanol–water partition coefficient (Wildman–Crippen LogP) is 1.80. The van der Waals surface area contributed by atoms with Crippen LogP contribution in [-0.4, -0.2) is 24.9 Å². The Morgan fingerprint density at radius 2 is 2.00 bits per heavy atom. The van der Waals surface area contributed by atoms with Crippen molar-refractivity contribution >= 4 is 13.3 Å². The molecule has 0 bridgehead atoms. The zero-order valence-electron chi connectivity index (χ0n) is 11.3. The fourth-order valence-electron chi connectivity index (χ4n) is 3.13. The molecule has 2 atom stereocenters. The molecule has 0 aromatic heterocycles. The summed E-state index contributed by atoms with van der Waals surface area (Å²) in [5, 5.41) is 10.5. The molecule has 18 heavy (non-hydrogen) atoms. The Morgan fingerprint density at radius 1 is 1.39 bits per heavy atom. The first-order valence-corrected chi connectivity index (χ1v) is 9.58. The fourth-order valence-corrected chi connectivity index (χ4v) is 6.45. The number of rotatable bonds is 3. The molecule has 1 aliphatic carbocycles. The fraction of sp³-hybridized carbons (Fsp3) is 0.467. The summed E-state index contributed by atoms with van der Waals surface area (Å²) in [6.45, 7) is 9.00. The molecule has 2 nitrogen and oxygen atoms in total. The van der Waals surface area contributed by atoms with E-state index in [2.05, 4.69) is 43.9 Å². The van der Waals surface area contributed by atoms with E-state index >= 15 is 0 Å². The van der Waals surface area contributed by atoms with Crippen LogP contribution in [0.15, 0.2) is 42.5 Å². The molecule has 0 heterocycles. The second-order valence-corrected chi connectivity index (χ2v) is 10.6. The van der Waals surface area contributed by atoms with Crippen molar-refractivity contribution in [3.05, 3.63) is 42.5 Å². The molecule has 0 aliphatic heterocycles. The van der Waals surface area contributed by atoms with Gasteiger partial charge >= 0.3 is 0 Å². The molecule has 1 fully saturated rings. The van der Waals surface area contributed by atoms with Gasteiger partial charge in [0, 0.05) is 17.7 Å². The summed E-state index contributed by atoms with van der Waals surface area (Å²) in [5.41, 5.74) is 7.79. The molecule has 3 N–H and O–H groups in total. The molecule has 1 aliphatic rings. The monoisotopic (exact) mass is 261 g/mol. The molecule has 1 aromatic carbocycles. The zero-order chi connectivity index (χ0) is 13.4. The summed E-state index contributed by atoms with van der Waals surface area (Å²) in [5.74, 6) is 0.186. The van der Waals surface area contributed by atoms with E-state index in [1.807, 2.05) is 6.07 Å². The lowest BCUT2D eigenvalue weighted by Gasteiger charge is -2.41. The van der Waals surface area contributed by atoms with E-state index in [9.17, 15) is 5.11 Å². The molecule has 0 unspecified atom stereocenters. The molecular weight excluding hydrogens is 238 g/mol.